The van der Waals surface area contributed by atoms with E-state index in [4.69, 9.17) is 11.0 Å². The summed E-state index contributed by atoms with van der Waals surface area (Å²) < 4.78 is 15.9. The largest absolute Gasteiger partial charge is 0.387 e. The highest BCUT2D eigenvalue weighted by molar-refractivity contribution is 6.00. The quantitative estimate of drug-likeness (QED) is 0.396. The number of rotatable bonds is 7. The minimum Gasteiger partial charge on any atom is -0.387 e. The first-order chi connectivity index (χ1) is 17.0. The number of anilines is 1. The third-order valence-corrected chi connectivity index (χ3v) is 6.74. The smallest absolute Gasteiger partial charge is 0.255 e. The van der Waals surface area contributed by atoms with Gasteiger partial charge in [-0.25, -0.2) is 8.91 Å². The zero-order valence-corrected chi connectivity index (χ0v) is 20.8. The van der Waals surface area contributed by atoms with Crippen molar-refractivity contribution in [2.75, 3.05) is 11.9 Å². The number of alkyl halides is 1. The number of carbonyl (C=O) groups excluding carboxylic acids is 1. The number of aliphatic hydroxyl groups is 1. The third-order valence-electron chi connectivity index (χ3n) is 6.74. The summed E-state index contributed by atoms with van der Waals surface area (Å²) in [5, 5.41) is 29.4. The van der Waals surface area contributed by atoms with Gasteiger partial charge in [0, 0.05) is 17.8 Å². The molecule has 1 aliphatic rings. The number of nitrogens with one attached hydrogen (secondary N) is 2. The maximum atomic E-state index is 14.2. The molecule has 0 radical (unpaired) electrons. The van der Waals surface area contributed by atoms with Gasteiger partial charge < -0.3 is 21.5 Å². The van der Waals surface area contributed by atoms with E-state index in [9.17, 15) is 14.3 Å². The second-order valence-electron chi connectivity index (χ2n) is 10.4. The van der Waals surface area contributed by atoms with Crippen LogP contribution in [0.5, 0.6) is 0 Å². The summed E-state index contributed by atoms with van der Waals surface area (Å²) in [6, 6.07) is 9.42. The van der Waals surface area contributed by atoms with Crippen LogP contribution >= 0.6 is 0 Å². The summed E-state index contributed by atoms with van der Waals surface area (Å²) in [6.45, 7) is 4.44. The number of hydrogen-bond donors (Lipinski definition) is 4. The van der Waals surface area contributed by atoms with Crippen molar-refractivity contribution in [3.8, 4) is 17.5 Å². The normalized spacial score (nSPS) is 21.1. The Morgan fingerprint density at radius 2 is 2.08 bits per heavy atom. The third kappa shape index (κ3) is 5.64. The van der Waals surface area contributed by atoms with Crippen LogP contribution in [0.25, 0.3) is 16.9 Å². The lowest BCUT2D eigenvalue weighted by molar-refractivity contribution is -0.00177. The van der Waals surface area contributed by atoms with E-state index in [2.05, 4.69) is 26.8 Å². The van der Waals surface area contributed by atoms with Crippen LogP contribution in [-0.2, 0) is 0 Å². The van der Waals surface area contributed by atoms with Gasteiger partial charge in [0.1, 0.15) is 12.2 Å². The van der Waals surface area contributed by atoms with Crippen molar-refractivity contribution in [1.82, 2.24) is 19.9 Å². The Morgan fingerprint density at radius 1 is 1.36 bits per heavy atom. The van der Waals surface area contributed by atoms with Gasteiger partial charge in [0.25, 0.3) is 5.91 Å². The molecule has 9 nitrogen and oxygen atoms in total. The Kier molecular flexibility index (Phi) is 6.98. The molecule has 10 heteroatoms. The molecule has 3 aromatic heterocycles. The van der Waals surface area contributed by atoms with Crippen molar-refractivity contribution >= 4 is 17.1 Å². The highest BCUT2D eigenvalue weighted by atomic mass is 19.1. The average molecular weight is 494 g/mol. The molecule has 190 valence electrons. The van der Waals surface area contributed by atoms with E-state index in [0.29, 0.717) is 22.6 Å². The van der Waals surface area contributed by atoms with E-state index >= 15 is 0 Å². The molecule has 0 spiro atoms. The van der Waals surface area contributed by atoms with Gasteiger partial charge in [-0.05, 0) is 70.7 Å². The Hall–Kier alpha value is -3.55. The maximum Gasteiger partial charge on any atom is 0.255 e. The first-order valence-electron chi connectivity index (χ1n) is 12.1. The summed E-state index contributed by atoms with van der Waals surface area (Å²) in [7, 11) is 0. The lowest BCUT2D eigenvalue weighted by Gasteiger charge is -2.35. The number of halogens is 1. The summed E-state index contributed by atoms with van der Waals surface area (Å²) in [4.78, 5) is 17.5. The van der Waals surface area contributed by atoms with Gasteiger partial charge in [-0.1, -0.05) is 0 Å². The number of nitrogens with two attached hydrogens (primary N) is 1. The number of fused-ring (bicyclic) bond motifs is 1. The number of hydrogen-bond acceptors (Lipinski definition) is 7. The van der Waals surface area contributed by atoms with Crippen LogP contribution in [-0.4, -0.2) is 55.5 Å². The van der Waals surface area contributed by atoms with Gasteiger partial charge in [0.2, 0.25) is 0 Å². The molecule has 1 amide bonds. The Balaban J connectivity index is 1.65. The Labute approximate surface area is 209 Å². The van der Waals surface area contributed by atoms with E-state index in [1.165, 1.54) is 26.2 Å². The molecule has 5 N–H and O–H groups in total. The second-order valence-corrected chi connectivity index (χ2v) is 10.4. The SMILES string of the molecule is CC(C)(O)[C@H](F)CNC(=O)c1cnc(-c2ccc3cc(C#N)cnn23)cc1N[C@H]1CC[C@](C)(N)CC1. The van der Waals surface area contributed by atoms with Gasteiger partial charge in [-0.2, -0.15) is 10.4 Å². The lowest BCUT2D eigenvalue weighted by Crippen LogP contribution is -2.43. The minimum absolute atomic E-state index is 0.120. The monoisotopic (exact) mass is 493 g/mol. The molecule has 3 heterocycles. The summed E-state index contributed by atoms with van der Waals surface area (Å²) in [5.74, 6) is -0.486. The topological polar surface area (TPSA) is 141 Å². The maximum absolute atomic E-state index is 14.2. The molecule has 1 aliphatic carbocycles. The van der Waals surface area contributed by atoms with Crippen LogP contribution in [0.15, 0.2) is 36.7 Å². The van der Waals surface area contributed by atoms with Gasteiger partial charge in [0.15, 0.2) is 0 Å². The zero-order valence-electron chi connectivity index (χ0n) is 20.8. The first-order valence-corrected chi connectivity index (χ1v) is 12.1. The van der Waals surface area contributed by atoms with E-state index < -0.39 is 17.7 Å². The Bertz CT molecular complexity index is 1300. The van der Waals surface area contributed by atoms with Crippen LogP contribution in [0.4, 0.5) is 10.1 Å². The lowest BCUT2D eigenvalue weighted by atomic mass is 9.81. The number of nitrogens with zero attached hydrogens (tertiary/aromatic N) is 4. The number of aromatic nitrogens is 3. The molecule has 1 saturated carbocycles. The number of pyridine rings is 1. The fourth-order valence-corrected chi connectivity index (χ4v) is 4.32. The molecule has 0 bridgehead atoms. The molecule has 0 unspecified atom stereocenters. The molecule has 0 saturated heterocycles. The molecule has 0 aliphatic heterocycles. The van der Waals surface area contributed by atoms with Crippen molar-refractivity contribution in [3.63, 3.8) is 0 Å². The van der Waals surface area contributed by atoms with E-state index in [0.717, 1.165) is 31.2 Å². The predicted octanol–water partition coefficient (Wildman–Crippen LogP) is 3.18. The molecular formula is C26H32FN7O2. The van der Waals surface area contributed by atoms with Crippen LogP contribution in [0.2, 0.25) is 0 Å². The number of nitriles is 1. The number of amides is 1. The van der Waals surface area contributed by atoms with Crippen LogP contribution in [0.3, 0.4) is 0 Å². The van der Waals surface area contributed by atoms with Crippen molar-refractivity contribution in [3.05, 3.63) is 47.8 Å². The van der Waals surface area contributed by atoms with E-state index in [-0.39, 0.29) is 23.7 Å². The van der Waals surface area contributed by atoms with Crippen molar-refractivity contribution in [1.29, 1.82) is 5.26 Å². The van der Waals surface area contributed by atoms with Crippen molar-refractivity contribution in [2.24, 2.45) is 5.73 Å². The zero-order chi connectivity index (χ0) is 26.1. The molecular weight excluding hydrogens is 461 g/mol. The van der Waals surface area contributed by atoms with E-state index in [1.54, 1.807) is 16.6 Å². The van der Waals surface area contributed by atoms with Gasteiger partial charge in [0.05, 0.1) is 52.1 Å². The Morgan fingerprint density at radius 3 is 2.75 bits per heavy atom. The summed E-state index contributed by atoms with van der Waals surface area (Å²) in [5.41, 5.74) is 7.87. The highest BCUT2D eigenvalue weighted by Gasteiger charge is 2.29. The van der Waals surface area contributed by atoms with Crippen LogP contribution < -0.4 is 16.4 Å². The summed E-state index contributed by atoms with van der Waals surface area (Å²) in [6.07, 6.45) is 4.74. The van der Waals surface area contributed by atoms with Gasteiger partial charge in [-0.15, -0.1) is 0 Å². The van der Waals surface area contributed by atoms with Gasteiger partial charge in [-0.3, -0.25) is 9.78 Å². The number of carbonyl (C=O) groups is 1. The second kappa shape index (κ2) is 9.84. The molecule has 36 heavy (non-hydrogen) atoms. The fraction of sp³-hybridized carbons (Fsp3) is 0.462. The standard InChI is InChI=1S/C26H32FN7O2/c1-25(2,36)23(27)15-31-24(35)19-14-30-21(11-20(19)33-17-6-8-26(3,29)9-7-17)22-5-4-18-10-16(12-28)13-32-34(18)22/h4-5,10-11,13-14,17,23,36H,6-9,15,29H2,1-3H3,(H,30,33)(H,31,35)/t17-,23-,26-/m1/s1. The average Bonchev–Trinajstić information content (AvgIpc) is 3.26. The fourth-order valence-electron chi connectivity index (χ4n) is 4.32. The molecule has 3 aromatic rings. The minimum atomic E-state index is -1.62. The van der Waals surface area contributed by atoms with Crippen LogP contribution in [0, 0.1) is 11.3 Å². The molecule has 0 aromatic carbocycles. The van der Waals surface area contributed by atoms with Gasteiger partial charge >= 0.3 is 0 Å². The molecule has 1 atom stereocenters. The molecule has 4 rings (SSSR count). The van der Waals surface area contributed by atoms with Crippen molar-refractivity contribution < 1.29 is 14.3 Å². The highest BCUT2D eigenvalue weighted by Crippen LogP contribution is 2.31. The molecule has 1 fully saturated rings. The first kappa shape index (κ1) is 25.5. The summed E-state index contributed by atoms with van der Waals surface area (Å²) >= 11 is 0. The predicted molar refractivity (Wildman–Crippen MR) is 135 cm³/mol. The van der Waals surface area contributed by atoms with Crippen LogP contribution in [0.1, 0.15) is 62.4 Å². The van der Waals surface area contributed by atoms with E-state index in [1.807, 2.05) is 19.1 Å². The van der Waals surface area contributed by atoms with Crippen molar-refractivity contribution in [2.45, 2.75) is 69.8 Å².